The Balaban J connectivity index is 0.00000289. The fourth-order valence-electron chi connectivity index (χ4n) is 1.69. The van der Waals surface area contributed by atoms with Crippen LogP contribution in [-0.4, -0.2) is 12.1 Å². The van der Waals surface area contributed by atoms with Crippen molar-refractivity contribution in [2.24, 2.45) is 0 Å². The Morgan fingerprint density at radius 3 is 2.11 bits per heavy atom. The number of rotatable bonds is 6. The molecule has 1 unspecified atom stereocenters. The van der Waals surface area contributed by atoms with Gasteiger partial charge in [-0.05, 0) is 12.0 Å². The van der Waals surface area contributed by atoms with Gasteiger partial charge in [-0.15, -0.1) is 5.46 Å². The van der Waals surface area contributed by atoms with Crippen molar-refractivity contribution in [1.29, 1.82) is 0 Å². The number of aliphatic hydroxyl groups is 1. The summed E-state index contributed by atoms with van der Waals surface area (Å²) in [7, 11) is 0. The Kier molecular flexibility index (Phi) is 9.09. The molecule has 1 N–H and O–H groups in total. The molecule has 0 amide bonds. The Labute approximate surface area is 149 Å². The van der Waals surface area contributed by atoms with Gasteiger partial charge in [0.25, 0.3) is 0 Å². The Bertz CT molecular complexity index is 340. The summed E-state index contributed by atoms with van der Waals surface area (Å²) in [6, 6.07) is 4.80. The van der Waals surface area contributed by atoms with Gasteiger partial charge in [0.15, 0.2) is 0 Å². The summed E-state index contributed by atoms with van der Waals surface area (Å²) >= 11 is 0. The second-order valence-electron chi connectivity index (χ2n) is 4.25. The molecule has 0 aliphatic rings. The summed E-state index contributed by atoms with van der Waals surface area (Å²) in [6.45, 7) is -2.88. The van der Waals surface area contributed by atoms with Crippen LogP contribution in [0.3, 0.4) is 0 Å². The van der Waals surface area contributed by atoms with Crippen LogP contribution in [0.25, 0.3) is 0 Å². The van der Waals surface area contributed by atoms with Gasteiger partial charge in [-0.25, -0.2) is 0 Å². The second-order valence-corrected chi connectivity index (χ2v) is 4.25. The van der Waals surface area contributed by atoms with Gasteiger partial charge in [-0.2, -0.15) is 0 Å². The molecule has 1 nitrogen and oxygen atoms in total. The van der Waals surface area contributed by atoms with Crippen molar-refractivity contribution in [3.05, 3.63) is 29.8 Å². The minimum atomic E-state index is -4.94. The topological polar surface area (TPSA) is 20.2 Å². The predicted octanol–water partition coefficient (Wildman–Crippen LogP) is 0.359. The number of unbranched alkanes of at least 4 members (excludes halogenated alkanes) is 2. The molecule has 0 bridgehead atoms. The van der Waals surface area contributed by atoms with E-state index >= 15 is 0 Å². The Morgan fingerprint density at radius 2 is 1.67 bits per heavy atom. The van der Waals surface area contributed by atoms with Crippen molar-refractivity contribution < 1.29 is 69.4 Å². The van der Waals surface area contributed by atoms with E-state index in [2.05, 4.69) is 6.92 Å². The molecule has 0 heterocycles. The predicted molar refractivity (Wildman–Crippen MR) is 64.3 cm³/mol. The van der Waals surface area contributed by atoms with Crippen LogP contribution in [0.15, 0.2) is 24.3 Å². The first kappa shape index (κ1) is 18.7. The molecule has 0 aliphatic carbocycles. The third kappa shape index (κ3) is 6.21. The zero-order valence-electron chi connectivity index (χ0n) is 10.9. The van der Waals surface area contributed by atoms with Crippen LogP contribution >= 0.6 is 0 Å². The van der Waals surface area contributed by atoms with Crippen molar-refractivity contribution in [3.8, 4) is 0 Å². The summed E-state index contributed by atoms with van der Waals surface area (Å²) in [5, 5.41) is 9.76. The smallest absolute Gasteiger partial charge is 0.445 e. The molecule has 1 rings (SSSR count). The summed E-state index contributed by atoms with van der Waals surface area (Å²) in [5.74, 6) is 0. The van der Waals surface area contributed by atoms with Gasteiger partial charge in [-0.3, -0.25) is 0 Å². The molecule has 0 saturated carbocycles. The van der Waals surface area contributed by atoms with Crippen LogP contribution in [-0.2, 0) is 0 Å². The monoisotopic (exact) mass is 284 g/mol. The first-order chi connectivity index (χ1) is 7.95. The summed E-state index contributed by atoms with van der Waals surface area (Å²) in [5.41, 5.74) is -0.0561. The molecular formula is C12H17BF3KO. The summed E-state index contributed by atoms with van der Waals surface area (Å²) in [4.78, 5) is 0. The minimum Gasteiger partial charge on any atom is -0.445 e. The van der Waals surface area contributed by atoms with Crippen molar-refractivity contribution in [3.63, 3.8) is 0 Å². The fourth-order valence-corrected chi connectivity index (χ4v) is 1.69. The van der Waals surface area contributed by atoms with Gasteiger partial charge in [-0.1, -0.05) is 50.5 Å². The molecule has 1 aromatic carbocycles. The molecule has 0 aromatic heterocycles. The van der Waals surface area contributed by atoms with E-state index in [-0.39, 0.29) is 51.4 Å². The number of benzene rings is 1. The van der Waals surface area contributed by atoms with Crippen molar-refractivity contribution in [1.82, 2.24) is 0 Å². The van der Waals surface area contributed by atoms with E-state index in [0.29, 0.717) is 12.0 Å². The quantitative estimate of drug-likeness (QED) is 0.591. The van der Waals surface area contributed by atoms with Crippen molar-refractivity contribution in [2.75, 3.05) is 0 Å². The molecule has 96 valence electrons. The molecule has 1 atom stereocenters. The van der Waals surface area contributed by atoms with Crippen LogP contribution in [0.4, 0.5) is 12.9 Å². The minimum absolute atomic E-state index is 0. The number of halogens is 3. The van der Waals surface area contributed by atoms with Gasteiger partial charge in [0.2, 0.25) is 0 Å². The van der Waals surface area contributed by atoms with E-state index in [1.54, 1.807) is 0 Å². The maximum Gasteiger partial charge on any atom is 1.00 e. The average Bonchev–Trinajstić information content (AvgIpc) is 2.28. The molecular weight excluding hydrogens is 267 g/mol. The van der Waals surface area contributed by atoms with E-state index < -0.39 is 18.5 Å². The van der Waals surface area contributed by atoms with Gasteiger partial charge in [0.1, 0.15) is 0 Å². The van der Waals surface area contributed by atoms with Crippen LogP contribution < -0.4 is 56.8 Å². The standard InChI is InChI=1S/C12H17BF3O.K/c1-2-3-4-5-12(17)10-6-8-11(9-7-10)13(14,15)16;/h6-9,12,17H,2-5H2,1H3;/q-1;+1. The molecule has 0 fully saturated rings. The number of hydrogen-bond donors (Lipinski definition) is 1. The Hall–Kier alpha value is 0.671. The summed E-state index contributed by atoms with van der Waals surface area (Å²) < 4.78 is 37.1. The molecule has 1 aromatic rings. The third-order valence-electron chi connectivity index (χ3n) is 2.78. The molecule has 0 spiro atoms. The first-order valence-corrected chi connectivity index (χ1v) is 5.93. The van der Waals surface area contributed by atoms with Crippen LogP contribution in [0, 0.1) is 0 Å². The van der Waals surface area contributed by atoms with E-state index in [1.807, 2.05) is 0 Å². The van der Waals surface area contributed by atoms with Crippen LogP contribution in [0.1, 0.15) is 44.3 Å². The average molecular weight is 284 g/mol. The van der Waals surface area contributed by atoms with E-state index in [1.165, 1.54) is 12.1 Å². The molecule has 0 saturated heterocycles. The molecule has 6 heteroatoms. The fraction of sp³-hybridized carbons (Fsp3) is 0.500. The van der Waals surface area contributed by atoms with Gasteiger partial charge >= 0.3 is 58.4 Å². The Morgan fingerprint density at radius 1 is 1.11 bits per heavy atom. The van der Waals surface area contributed by atoms with E-state index in [4.69, 9.17) is 0 Å². The second kappa shape index (κ2) is 8.77. The van der Waals surface area contributed by atoms with Crippen LogP contribution in [0.2, 0.25) is 0 Å². The normalized spacial score (nSPS) is 12.9. The molecule has 0 radical (unpaired) electrons. The maximum atomic E-state index is 12.4. The SMILES string of the molecule is CCCCCC(O)c1ccc([B-](F)(F)F)cc1.[K+]. The third-order valence-corrected chi connectivity index (χ3v) is 2.78. The van der Waals surface area contributed by atoms with Crippen molar-refractivity contribution in [2.45, 2.75) is 38.7 Å². The zero-order chi connectivity index (χ0) is 12.9. The largest absolute Gasteiger partial charge is 1.00 e. The van der Waals surface area contributed by atoms with Gasteiger partial charge in [0, 0.05) is 0 Å². The van der Waals surface area contributed by atoms with E-state index in [9.17, 15) is 18.1 Å². The van der Waals surface area contributed by atoms with Crippen molar-refractivity contribution >= 4 is 12.4 Å². The summed E-state index contributed by atoms with van der Waals surface area (Å²) in [6.07, 6.45) is 2.92. The molecule has 18 heavy (non-hydrogen) atoms. The number of aliphatic hydroxyl groups excluding tert-OH is 1. The van der Waals surface area contributed by atoms with Crippen LogP contribution in [0.5, 0.6) is 0 Å². The van der Waals surface area contributed by atoms with Gasteiger partial charge in [0.05, 0.1) is 6.10 Å². The first-order valence-electron chi connectivity index (χ1n) is 5.93. The van der Waals surface area contributed by atoms with E-state index in [0.717, 1.165) is 31.4 Å². The maximum absolute atomic E-state index is 12.4. The molecule has 0 aliphatic heterocycles. The van der Waals surface area contributed by atoms with Gasteiger partial charge < -0.3 is 18.1 Å². The zero-order valence-corrected chi connectivity index (χ0v) is 14.0. The number of hydrogen-bond acceptors (Lipinski definition) is 1.